The third kappa shape index (κ3) is 3.47. The smallest absolute Gasteiger partial charge is 0.226 e. The lowest BCUT2D eigenvalue weighted by molar-refractivity contribution is -0.130. The third-order valence-corrected chi connectivity index (χ3v) is 5.01. The molecule has 0 aliphatic carbocycles. The quantitative estimate of drug-likeness (QED) is 0.867. The molecule has 2 rings (SSSR count). The van der Waals surface area contributed by atoms with E-state index in [-0.39, 0.29) is 23.8 Å². The highest BCUT2D eigenvalue weighted by Gasteiger charge is 2.39. The van der Waals surface area contributed by atoms with E-state index in [4.69, 9.17) is 4.52 Å². The van der Waals surface area contributed by atoms with Crippen LogP contribution in [-0.2, 0) is 15.1 Å². The van der Waals surface area contributed by atoms with Crippen molar-refractivity contribution in [1.29, 1.82) is 0 Å². The lowest BCUT2D eigenvalue weighted by Gasteiger charge is -2.29. The number of carbonyl (C=O) groups is 2. The van der Waals surface area contributed by atoms with Crippen LogP contribution in [0.1, 0.15) is 64.0 Å². The molecule has 2 heterocycles. The van der Waals surface area contributed by atoms with Crippen molar-refractivity contribution in [2.24, 2.45) is 5.92 Å². The molecule has 1 N–H and O–H groups in total. The van der Waals surface area contributed by atoms with Crippen molar-refractivity contribution in [3.8, 4) is 0 Å². The van der Waals surface area contributed by atoms with E-state index >= 15 is 0 Å². The first-order valence-corrected chi connectivity index (χ1v) is 8.76. The van der Waals surface area contributed by atoms with E-state index < -0.39 is 5.54 Å². The summed E-state index contributed by atoms with van der Waals surface area (Å²) in [7, 11) is 0. The zero-order valence-corrected chi connectivity index (χ0v) is 15.6. The van der Waals surface area contributed by atoms with Gasteiger partial charge in [0.05, 0.1) is 17.2 Å². The number of hydrogen-bond donors (Lipinski definition) is 1. The maximum absolute atomic E-state index is 12.7. The Morgan fingerprint density at radius 2 is 2.00 bits per heavy atom. The second-order valence-corrected chi connectivity index (χ2v) is 7.23. The van der Waals surface area contributed by atoms with Crippen LogP contribution in [0.5, 0.6) is 0 Å². The Balaban J connectivity index is 2.09. The summed E-state index contributed by atoms with van der Waals surface area (Å²) in [5.74, 6) is 0.414. The molecule has 0 saturated carbocycles. The molecule has 2 amide bonds. The highest BCUT2D eigenvalue weighted by atomic mass is 16.5. The first kappa shape index (κ1) is 18.5. The predicted molar refractivity (Wildman–Crippen MR) is 91.3 cm³/mol. The molecular formula is C18H29N3O3. The molecule has 1 atom stereocenters. The number of amides is 2. The monoisotopic (exact) mass is 335 g/mol. The Hall–Kier alpha value is -1.85. The second-order valence-electron chi connectivity index (χ2n) is 7.23. The van der Waals surface area contributed by atoms with Gasteiger partial charge in [0.2, 0.25) is 11.8 Å². The van der Waals surface area contributed by atoms with Gasteiger partial charge in [-0.25, -0.2) is 0 Å². The van der Waals surface area contributed by atoms with Crippen LogP contribution in [0.25, 0.3) is 0 Å². The molecule has 0 aromatic carbocycles. The van der Waals surface area contributed by atoms with Gasteiger partial charge in [0.25, 0.3) is 0 Å². The van der Waals surface area contributed by atoms with Gasteiger partial charge < -0.3 is 14.7 Å². The number of aromatic nitrogens is 1. The average molecular weight is 335 g/mol. The first-order chi connectivity index (χ1) is 11.2. The van der Waals surface area contributed by atoms with Gasteiger partial charge in [0.1, 0.15) is 5.76 Å². The van der Waals surface area contributed by atoms with Gasteiger partial charge >= 0.3 is 0 Å². The Kier molecular flexibility index (Phi) is 5.35. The van der Waals surface area contributed by atoms with Crippen LogP contribution in [0.3, 0.4) is 0 Å². The SMILES string of the molecule is CCC(CC)N1CC(C(=O)NC(C)(C)c2c(C)noc2C)CC1=O. The van der Waals surface area contributed by atoms with E-state index in [9.17, 15) is 9.59 Å². The molecule has 134 valence electrons. The summed E-state index contributed by atoms with van der Waals surface area (Å²) in [6.07, 6.45) is 2.13. The van der Waals surface area contributed by atoms with Gasteiger partial charge in [0.15, 0.2) is 0 Å². The van der Waals surface area contributed by atoms with E-state index in [0.29, 0.717) is 18.7 Å². The molecular weight excluding hydrogens is 306 g/mol. The van der Waals surface area contributed by atoms with Crippen LogP contribution in [0, 0.1) is 19.8 Å². The topological polar surface area (TPSA) is 75.4 Å². The molecule has 0 bridgehead atoms. The molecule has 6 heteroatoms. The van der Waals surface area contributed by atoms with E-state index in [1.165, 1.54) is 0 Å². The molecule has 0 radical (unpaired) electrons. The van der Waals surface area contributed by atoms with Crippen LogP contribution in [-0.4, -0.2) is 34.5 Å². The van der Waals surface area contributed by atoms with E-state index in [1.54, 1.807) is 0 Å². The largest absolute Gasteiger partial charge is 0.361 e. The summed E-state index contributed by atoms with van der Waals surface area (Å²) in [4.78, 5) is 26.9. The van der Waals surface area contributed by atoms with Gasteiger partial charge in [-0.3, -0.25) is 9.59 Å². The highest BCUT2D eigenvalue weighted by Crippen LogP contribution is 2.29. The standard InChI is InChI=1S/C18H29N3O3/c1-7-14(8-2)21-10-13(9-15(21)22)17(23)19-18(5,6)16-11(3)20-24-12(16)4/h13-14H,7-10H2,1-6H3,(H,19,23). The number of nitrogens with one attached hydrogen (secondary N) is 1. The Morgan fingerprint density at radius 1 is 1.38 bits per heavy atom. The maximum Gasteiger partial charge on any atom is 0.226 e. The van der Waals surface area contributed by atoms with Crippen molar-refractivity contribution in [2.45, 2.75) is 72.4 Å². The van der Waals surface area contributed by atoms with Crippen molar-refractivity contribution in [3.63, 3.8) is 0 Å². The molecule has 1 fully saturated rings. The van der Waals surface area contributed by atoms with Crippen molar-refractivity contribution in [1.82, 2.24) is 15.4 Å². The van der Waals surface area contributed by atoms with Gasteiger partial charge in [-0.15, -0.1) is 0 Å². The number of rotatable bonds is 6. The number of hydrogen-bond acceptors (Lipinski definition) is 4. The van der Waals surface area contributed by atoms with E-state index in [0.717, 1.165) is 24.1 Å². The molecule has 24 heavy (non-hydrogen) atoms. The number of nitrogens with zero attached hydrogens (tertiary/aromatic N) is 2. The van der Waals surface area contributed by atoms with Crippen molar-refractivity contribution in [3.05, 3.63) is 17.0 Å². The zero-order valence-electron chi connectivity index (χ0n) is 15.6. The number of aryl methyl sites for hydroxylation is 2. The highest BCUT2D eigenvalue weighted by molar-refractivity contribution is 5.89. The Labute approximate surface area is 143 Å². The fourth-order valence-electron chi connectivity index (χ4n) is 3.84. The summed E-state index contributed by atoms with van der Waals surface area (Å²) in [5, 5.41) is 7.05. The van der Waals surface area contributed by atoms with Crippen LogP contribution < -0.4 is 5.32 Å². The molecule has 1 unspecified atom stereocenters. The van der Waals surface area contributed by atoms with Gasteiger partial charge in [-0.1, -0.05) is 19.0 Å². The molecule has 1 saturated heterocycles. The summed E-state index contributed by atoms with van der Waals surface area (Å²) in [6.45, 7) is 12.3. The molecule has 0 spiro atoms. The fraction of sp³-hybridized carbons (Fsp3) is 0.722. The molecule has 1 aromatic rings. The van der Waals surface area contributed by atoms with Crippen molar-refractivity contribution in [2.75, 3.05) is 6.54 Å². The summed E-state index contributed by atoms with van der Waals surface area (Å²) in [5.41, 5.74) is 1.09. The summed E-state index contributed by atoms with van der Waals surface area (Å²) in [6, 6.07) is 0.228. The Morgan fingerprint density at radius 3 is 2.50 bits per heavy atom. The van der Waals surface area contributed by atoms with Crippen LogP contribution in [0.2, 0.25) is 0 Å². The molecule has 1 aliphatic rings. The van der Waals surface area contributed by atoms with Crippen LogP contribution in [0.4, 0.5) is 0 Å². The third-order valence-electron chi connectivity index (χ3n) is 5.01. The van der Waals surface area contributed by atoms with E-state index in [2.05, 4.69) is 24.3 Å². The van der Waals surface area contributed by atoms with Crippen molar-refractivity contribution >= 4 is 11.8 Å². The fourth-order valence-corrected chi connectivity index (χ4v) is 3.84. The maximum atomic E-state index is 12.7. The molecule has 1 aliphatic heterocycles. The van der Waals surface area contributed by atoms with Crippen molar-refractivity contribution < 1.29 is 14.1 Å². The first-order valence-electron chi connectivity index (χ1n) is 8.76. The minimum Gasteiger partial charge on any atom is -0.361 e. The summed E-state index contributed by atoms with van der Waals surface area (Å²) >= 11 is 0. The molecule has 1 aromatic heterocycles. The average Bonchev–Trinajstić information content (AvgIpc) is 3.04. The number of carbonyl (C=O) groups excluding carboxylic acids is 2. The van der Waals surface area contributed by atoms with Crippen LogP contribution >= 0.6 is 0 Å². The normalized spacial score (nSPS) is 18.5. The van der Waals surface area contributed by atoms with Gasteiger partial charge in [-0.05, 0) is 40.5 Å². The number of likely N-dealkylation sites (tertiary alicyclic amines) is 1. The Bertz CT molecular complexity index is 598. The lowest BCUT2D eigenvalue weighted by atomic mass is 9.91. The van der Waals surface area contributed by atoms with Gasteiger partial charge in [0, 0.05) is 24.6 Å². The predicted octanol–water partition coefficient (Wildman–Crippen LogP) is 2.68. The minimum absolute atomic E-state index is 0.0817. The lowest BCUT2D eigenvalue weighted by Crippen LogP contribution is -2.45. The van der Waals surface area contributed by atoms with Gasteiger partial charge in [-0.2, -0.15) is 0 Å². The zero-order chi connectivity index (χ0) is 18.1. The molecule has 6 nitrogen and oxygen atoms in total. The van der Waals surface area contributed by atoms with Crippen LogP contribution in [0.15, 0.2) is 4.52 Å². The second kappa shape index (κ2) is 6.95. The summed E-state index contributed by atoms with van der Waals surface area (Å²) < 4.78 is 5.22. The van der Waals surface area contributed by atoms with E-state index in [1.807, 2.05) is 32.6 Å². The minimum atomic E-state index is -0.587.